The van der Waals surface area contributed by atoms with Gasteiger partial charge in [-0.15, -0.1) is 12.4 Å². The number of fused-ring (bicyclic) bond motifs is 3. The van der Waals surface area contributed by atoms with Crippen molar-refractivity contribution in [2.75, 3.05) is 18.0 Å². The molecule has 2 aliphatic heterocycles. The van der Waals surface area contributed by atoms with E-state index in [1.165, 1.54) is 5.69 Å². The predicted molar refractivity (Wildman–Crippen MR) is 66.0 cm³/mol. The molecular formula is C12H16ClFN2. The number of hydrogen-bond donors (Lipinski definition) is 1. The molecule has 0 bridgehead atoms. The summed E-state index contributed by atoms with van der Waals surface area (Å²) in [5.74, 6) is -0.116. The first-order chi connectivity index (χ1) is 7.25. The Morgan fingerprint density at radius 3 is 3.00 bits per heavy atom. The number of piperazine rings is 1. The van der Waals surface area contributed by atoms with Crippen LogP contribution in [-0.4, -0.2) is 25.2 Å². The Hall–Kier alpha value is -0.800. The van der Waals surface area contributed by atoms with Crippen molar-refractivity contribution in [3.05, 3.63) is 29.6 Å². The van der Waals surface area contributed by atoms with E-state index >= 15 is 0 Å². The summed E-state index contributed by atoms with van der Waals surface area (Å²) >= 11 is 0. The molecular weight excluding hydrogens is 227 g/mol. The molecule has 2 nitrogen and oxygen atoms in total. The Morgan fingerprint density at radius 1 is 1.38 bits per heavy atom. The maximum absolute atomic E-state index is 13.1. The van der Waals surface area contributed by atoms with Gasteiger partial charge < -0.3 is 10.2 Å². The second-order valence-corrected chi connectivity index (χ2v) is 4.55. The molecule has 1 fully saturated rings. The van der Waals surface area contributed by atoms with Gasteiger partial charge in [-0.25, -0.2) is 4.39 Å². The van der Waals surface area contributed by atoms with Crippen molar-refractivity contribution in [2.24, 2.45) is 0 Å². The fourth-order valence-corrected chi connectivity index (χ4v) is 2.84. The van der Waals surface area contributed by atoms with E-state index < -0.39 is 0 Å². The number of rotatable bonds is 0. The van der Waals surface area contributed by atoms with Crippen LogP contribution in [0.25, 0.3) is 0 Å². The molecule has 0 saturated carbocycles. The summed E-state index contributed by atoms with van der Waals surface area (Å²) in [5, 5.41) is 3.42. The fourth-order valence-electron chi connectivity index (χ4n) is 2.84. The topological polar surface area (TPSA) is 15.3 Å². The second kappa shape index (κ2) is 4.22. The van der Waals surface area contributed by atoms with Crippen molar-refractivity contribution >= 4 is 18.1 Å². The lowest BCUT2D eigenvalue weighted by molar-refractivity contribution is 0.430. The summed E-state index contributed by atoms with van der Waals surface area (Å²) in [7, 11) is 0. The van der Waals surface area contributed by atoms with Gasteiger partial charge in [0.25, 0.3) is 0 Å². The Labute approximate surface area is 101 Å². The number of benzene rings is 1. The minimum Gasteiger partial charge on any atom is -0.363 e. The standard InChI is InChI=1S/C12H15FN2.ClH/c1-8-6-14-7-11-5-9-4-10(13)2-3-12(9)15(8)11;/h2-4,8,11,14H,5-7H2,1H3;1H/t8?,11-;/m1./s1. The molecule has 0 aromatic heterocycles. The van der Waals surface area contributed by atoms with E-state index in [1.807, 2.05) is 6.07 Å². The lowest BCUT2D eigenvalue weighted by atomic mass is 10.1. The third kappa shape index (κ3) is 1.68. The van der Waals surface area contributed by atoms with E-state index in [-0.39, 0.29) is 18.2 Å². The molecule has 3 rings (SSSR count). The fraction of sp³-hybridized carbons (Fsp3) is 0.500. The lowest BCUT2D eigenvalue weighted by Crippen LogP contribution is -2.54. The van der Waals surface area contributed by atoms with Crippen molar-refractivity contribution < 1.29 is 4.39 Å². The third-order valence-electron chi connectivity index (χ3n) is 3.46. The first kappa shape index (κ1) is 11.7. The van der Waals surface area contributed by atoms with Gasteiger partial charge in [0.05, 0.1) is 0 Å². The number of anilines is 1. The lowest BCUT2D eigenvalue weighted by Gasteiger charge is -2.38. The number of nitrogens with zero attached hydrogens (tertiary/aromatic N) is 1. The van der Waals surface area contributed by atoms with Crippen molar-refractivity contribution in [2.45, 2.75) is 25.4 Å². The smallest absolute Gasteiger partial charge is 0.123 e. The van der Waals surface area contributed by atoms with E-state index in [0.29, 0.717) is 12.1 Å². The Morgan fingerprint density at radius 2 is 2.19 bits per heavy atom. The van der Waals surface area contributed by atoms with Crippen LogP contribution in [0.2, 0.25) is 0 Å². The highest BCUT2D eigenvalue weighted by Gasteiger charge is 2.34. The molecule has 1 N–H and O–H groups in total. The van der Waals surface area contributed by atoms with Crippen LogP contribution in [0.15, 0.2) is 18.2 Å². The van der Waals surface area contributed by atoms with Crippen molar-refractivity contribution in [3.8, 4) is 0 Å². The average molecular weight is 243 g/mol. The monoisotopic (exact) mass is 242 g/mol. The minimum absolute atomic E-state index is 0. The van der Waals surface area contributed by atoms with E-state index in [9.17, 15) is 4.39 Å². The quantitative estimate of drug-likeness (QED) is 0.749. The largest absolute Gasteiger partial charge is 0.363 e. The number of nitrogens with one attached hydrogen (secondary N) is 1. The zero-order valence-electron chi connectivity index (χ0n) is 9.24. The average Bonchev–Trinajstić information content (AvgIpc) is 2.56. The molecule has 2 aliphatic rings. The maximum atomic E-state index is 13.1. The van der Waals surface area contributed by atoms with Crippen LogP contribution in [0.4, 0.5) is 10.1 Å². The Balaban J connectivity index is 0.000000963. The molecule has 1 aromatic rings. The molecule has 0 aliphatic carbocycles. The summed E-state index contributed by atoms with van der Waals surface area (Å²) < 4.78 is 13.1. The highest BCUT2D eigenvalue weighted by Crippen LogP contribution is 2.35. The SMILES string of the molecule is CC1CNC[C@H]2Cc3cc(F)ccc3N12.Cl. The van der Waals surface area contributed by atoms with Crippen LogP contribution in [0.1, 0.15) is 12.5 Å². The van der Waals surface area contributed by atoms with Gasteiger partial charge in [0.1, 0.15) is 5.82 Å². The van der Waals surface area contributed by atoms with Crippen LogP contribution in [-0.2, 0) is 6.42 Å². The second-order valence-electron chi connectivity index (χ2n) is 4.55. The van der Waals surface area contributed by atoms with E-state index in [2.05, 4.69) is 17.1 Å². The molecule has 1 unspecified atom stereocenters. The zero-order valence-corrected chi connectivity index (χ0v) is 10.1. The molecule has 88 valence electrons. The summed E-state index contributed by atoms with van der Waals surface area (Å²) in [6, 6.07) is 6.20. The van der Waals surface area contributed by atoms with Crippen molar-refractivity contribution in [1.82, 2.24) is 5.32 Å². The van der Waals surface area contributed by atoms with Crippen molar-refractivity contribution in [1.29, 1.82) is 0 Å². The Kier molecular flexibility index (Phi) is 3.08. The van der Waals surface area contributed by atoms with Crippen LogP contribution in [0.3, 0.4) is 0 Å². The molecule has 4 heteroatoms. The highest BCUT2D eigenvalue weighted by atomic mass is 35.5. The molecule has 0 spiro atoms. The van der Waals surface area contributed by atoms with Crippen LogP contribution < -0.4 is 10.2 Å². The normalized spacial score (nSPS) is 27.0. The first-order valence-corrected chi connectivity index (χ1v) is 5.53. The highest BCUT2D eigenvalue weighted by molar-refractivity contribution is 5.85. The van der Waals surface area contributed by atoms with E-state index in [0.717, 1.165) is 25.1 Å². The third-order valence-corrected chi connectivity index (χ3v) is 3.46. The van der Waals surface area contributed by atoms with Gasteiger partial charge in [-0.05, 0) is 37.1 Å². The Bertz CT molecular complexity index is 397. The molecule has 16 heavy (non-hydrogen) atoms. The van der Waals surface area contributed by atoms with E-state index in [1.54, 1.807) is 12.1 Å². The molecule has 1 aromatic carbocycles. The van der Waals surface area contributed by atoms with Crippen LogP contribution >= 0.6 is 12.4 Å². The molecule has 0 radical (unpaired) electrons. The summed E-state index contributed by atoms with van der Waals surface area (Å²) in [6.45, 7) is 4.26. The van der Waals surface area contributed by atoms with Crippen LogP contribution in [0.5, 0.6) is 0 Å². The summed E-state index contributed by atoms with van der Waals surface area (Å²) in [5.41, 5.74) is 2.39. The zero-order chi connectivity index (χ0) is 10.4. The summed E-state index contributed by atoms with van der Waals surface area (Å²) in [6.07, 6.45) is 0.977. The first-order valence-electron chi connectivity index (χ1n) is 5.53. The van der Waals surface area contributed by atoms with Crippen molar-refractivity contribution in [3.63, 3.8) is 0 Å². The van der Waals surface area contributed by atoms with Gasteiger partial charge in [0.15, 0.2) is 0 Å². The molecule has 2 atom stereocenters. The van der Waals surface area contributed by atoms with Gasteiger partial charge in [-0.1, -0.05) is 0 Å². The van der Waals surface area contributed by atoms with Gasteiger partial charge in [-0.2, -0.15) is 0 Å². The minimum atomic E-state index is -0.116. The predicted octanol–water partition coefficient (Wildman–Crippen LogP) is 1.97. The number of hydrogen-bond acceptors (Lipinski definition) is 2. The molecule has 1 saturated heterocycles. The van der Waals surface area contributed by atoms with Gasteiger partial charge in [0, 0.05) is 30.9 Å². The van der Waals surface area contributed by atoms with Crippen LogP contribution in [0, 0.1) is 5.82 Å². The van der Waals surface area contributed by atoms with Gasteiger partial charge in [0.2, 0.25) is 0 Å². The number of halogens is 2. The van der Waals surface area contributed by atoms with Gasteiger partial charge in [-0.3, -0.25) is 0 Å². The molecule has 2 heterocycles. The van der Waals surface area contributed by atoms with E-state index in [4.69, 9.17) is 0 Å². The van der Waals surface area contributed by atoms with Gasteiger partial charge >= 0.3 is 0 Å². The maximum Gasteiger partial charge on any atom is 0.123 e. The summed E-state index contributed by atoms with van der Waals surface area (Å²) in [4.78, 5) is 2.44. The molecule has 0 amide bonds.